The highest BCUT2D eigenvalue weighted by Gasteiger charge is 2.32. The molecule has 0 saturated carbocycles. The Morgan fingerprint density at radius 1 is 1.22 bits per heavy atom. The molecule has 1 unspecified atom stereocenters. The molecular formula is C12H20O9S2. The van der Waals surface area contributed by atoms with Crippen molar-refractivity contribution in [1.82, 2.24) is 0 Å². The van der Waals surface area contributed by atoms with Gasteiger partial charge in [-0.25, -0.2) is 0 Å². The van der Waals surface area contributed by atoms with Gasteiger partial charge in [0.05, 0.1) is 24.2 Å². The molecule has 0 rings (SSSR count). The maximum absolute atomic E-state index is 11.9. The van der Waals surface area contributed by atoms with Crippen LogP contribution in [0.3, 0.4) is 0 Å². The maximum atomic E-state index is 11.9. The number of carbonyl (C=O) groups is 3. The first-order chi connectivity index (χ1) is 10.3. The van der Waals surface area contributed by atoms with Gasteiger partial charge in [-0.3, -0.25) is 18.9 Å². The first-order valence-corrected chi connectivity index (χ1v) is 9.19. The van der Waals surface area contributed by atoms with Crippen LogP contribution < -0.4 is 0 Å². The lowest BCUT2D eigenvalue weighted by molar-refractivity contribution is -0.152. The standard InChI is InChI=1S/C12H20O9S2/c1-12(2,7-22-8(10(15)16)6-9(13)14)11(17)21-4-3-5-23(18,19)20/h8H,3-7H2,1-2H3,(H,13,14)(H,15,16)(H,18,19,20). The predicted molar refractivity (Wildman–Crippen MR) is 81.9 cm³/mol. The van der Waals surface area contributed by atoms with Crippen molar-refractivity contribution in [3.8, 4) is 0 Å². The molecule has 11 heteroatoms. The van der Waals surface area contributed by atoms with Crippen LogP contribution in [0.25, 0.3) is 0 Å². The van der Waals surface area contributed by atoms with Crippen molar-refractivity contribution < 1.29 is 42.3 Å². The third-order valence-electron chi connectivity index (χ3n) is 2.61. The van der Waals surface area contributed by atoms with Gasteiger partial charge in [0, 0.05) is 5.75 Å². The van der Waals surface area contributed by atoms with Crippen LogP contribution in [-0.4, -0.2) is 64.5 Å². The summed E-state index contributed by atoms with van der Waals surface area (Å²) in [6.45, 7) is 2.81. The number of aliphatic carboxylic acids is 2. The summed E-state index contributed by atoms with van der Waals surface area (Å²) in [5, 5.41) is 16.4. The fourth-order valence-corrected chi connectivity index (χ4v) is 2.97. The SMILES string of the molecule is CC(C)(CSC(CC(=O)O)C(=O)O)C(=O)OCCCS(=O)(=O)O. The molecule has 0 amide bonds. The van der Waals surface area contributed by atoms with E-state index in [-0.39, 0.29) is 18.8 Å². The highest BCUT2D eigenvalue weighted by molar-refractivity contribution is 8.00. The zero-order valence-electron chi connectivity index (χ0n) is 12.7. The van der Waals surface area contributed by atoms with Crippen LogP contribution in [0, 0.1) is 5.41 Å². The molecule has 23 heavy (non-hydrogen) atoms. The molecule has 0 aliphatic heterocycles. The minimum Gasteiger partial charge on any atom is -0.481 e. The summed E-state index contributed by atoms with van der Waals surface area (Å²) in [6.07, 6.45) is -0.635. The Morgan fingerprint density at radius 2 is 1.78 bits per heavy atom. The van der Waals surface area contributed by atoms with Crippen molar-refractivity contribution in [2.24, 2.45) is 5.41 Å². The number of carbonyl (C=O) groups excluding carboxylic acids is 1. The lowest BCUT2D eigenvalue weighted by Crippen LogP contribution is -2.32. The molecule has 0 radical (unpaired) electrons. The zero-order chi connectivity index (χ0) is 18.3. The number of rotatable bonds is 11. The van der Waals surface area contributed by atoms with Gasteiger partial charge >= 0.3 is 17.9 Å². The summed E-state index contributed by atoms with van der Waals surface area (Å²) in [5.74, 6) is -3.71. The quantitative estimate of drug-likeness (QED) is 0.265. The van der Waals surface area contributed by atoms with Crippen LogP contribution in [0.2, 0.25) is 0 Å². The molecule has 0 heterocycles. The van der Waals surface area contributed by atoms with E-state index in [1.54, 1.807) is 0 Å². The number of ether oxygens (including phenoxy) is 1. The Bertz CT molecular complexity index is 539. The van der Waals surface area contributed by atoms with E-state index in [2.05, 4.69) is 0 Å². The van der Waals surface area contributed by atoms with E-state index >= 15 is 0 Å². The number of esters is 1. The lowest BCUT2D eigenvalue weighted by atomic mass is 9.97. The number of hydrogen-bond acceptors (Lipinski definition) is 7. The van der Waals surface area contributed by atoms with E-state index in [0.717, 1.165) is 11.8 Å². The molecule has 3 N–H and O–H groups in total. The van der Waals surface area contributed by atoms with Crippen LogP contribution in [0.5, 0.6) is 0 Å². The van der Waals surface area contributed by atoms with Gasteiger partial charge in [-0.2, -0.15) is 8.42 Å². The van der Waals surface area contributed by atoms with Crippen LogP contribution in [0.1, 0.15) is 26.7 Å². The zero-order valence-corrected chi connectivity index (χ0v) is 14.4. The molecule has 134 valence electrons. The van der Waals surface area contributed by atoms with Gasteiger partial charge in [0.2, 0.25) is 0 Å². The van der Waals surface area contributed by atoms with Gasteiger partial charge < -0.3 is 14.9 Å². The van der Waals surface area contributed by atoms with Gasteiger partial charge in [-0.1, -0.05) is 0 Å². The Morgan fingerprint density at radius 3 is 2.22 bits per heavy atom. The summed E-state index contributed by atoms with van der Waals surface area (Å²) in [7, 11) is -4.12. The molecule has 0 aliphatic rings. The molecular weight excluding hydrogens is 352 g/mol. The summed E-state index contributed by atoms with van der Waals surface area (Å²) >= 11 is 0.820. The molecule has 0 aliphatic carbocycles. The molecule has 0 aromatic heterocycles. The van der Waals surface area contributed by atoms with Gasteiger partial charge in [0.25, 0.3) is 10.1 Å². The van der Waals surface area contributed by atoms with Crippen molar-refractivity contribution in [2.45, 2.75) is 31.9 Å². The summed E-state index contributed by atoms with van der Waals surface area (Å²) in [4.78, 5) is 33.4. The maximum Gasteiger partial charge on any atom is 0.317 e. The predicted octanol–water partition coefficient (Wildman–Crippen LogP) is 0.495. The van der Waals surface area contributed by atoms with E-state index in [9.17, 15) is 22.8 Å². The third kappa shape index (κ3) is 10.1. The second kappa shape index (κ2) is 9.08. The second-order valence-corrected chi connectivity index (χ2v) is 8.16. The fourth-order valence-electron chi connectivity index (χ4n) is 1.35. The van der Waals surface area contributed by atoms with E-state index < -0.39 is 50.9 Å². The smallest absolute Gasteiger partial charge is 0.317 e. The molecule has 9 nitrogen and oxygen atoms in total. The minimum absolute atomic E-state index is 0.0222. The topological polar surface area (TPSA) is 155 Å². The van der Waals surface area contributed by atoms with Crippen molar-refractivity contribution >= 4 is 39.8 Å². The van der Waals surface area contributed by atoms with E-state index in [4.69, 9.17) is 19.5 Å². The Labute approximate surface area is 138 Å². The molecule has 1 atom stereocenters. The lowest BCUT2D eigenvalue weighted by Gasteiger charge is -2.23. The third-order valence-corrected chi connectivity index (χ3v) is 5.08. The molecule has 0 spiro atoms. The molecule has 0 saturated heterocycles. The Balaban J connectivity index is 4.40. The molecule has 0 bridgehead atoms. The van der Waals surface area contributed by atoms with Crippen molar-refractivity contribution in [3.05, 3.63) is 0 Å². The van der Waals surface area contributed by atoms with Crippen molar-refractivity contribution in [3.63, 3.8) is 0 Å². The van der Waals surface area contributed by atoms with Crippen LogP contribution in [0.15, 0.2) is 0 Å². The van der Waals surface area contributed by atoms with E-state index in [1.165, 1.54) is 13.8 Å². The summed E-state index contributed by atoms with van der Waals surface area (Å²) in [6, 6.07) is 0. The van der Waals surface area contributed by atoms with Crippen LogP contribution in [0.4, 0.5) is 0 Å². The number of carboxylic acids is 2. The summed E-state index contributed by atoms with van der Waals surface area (Å²) in [5.41, 5.74) is -1.07. The second-order valence-electron chi connectivity index (χ2n) is 5.40. The van der Waals surface area contributed by atoms with Crippen LogP contribution >= 0.6 is 11.8 Å². The van der Waals surface area contributed by atoms with Gasteiger partial charge in [-0.05, 0) is 20.3 Å². The molecule has 0 aromatic rings. The van der Waals surface area contributed by atoms with Gasteiger partial charge in [0.15, 0.2) is 0 Å². The first-order valence-electron chi connectivity index (χ1n) is 6.54. The monoisotopic (exact) mass is 372 g/mol. The number of thioether (sulfide) groups is 1. The molecule has 0 fully saturated rings. The fraction of sp³-hybridized carbons (Fsp3) is 0.750. The van der Waals surface area contributed by atoms with Crippen LogP contribution in [-0.2, 0) is 29.2 Å². The van der Waals surface area contributed by atoms with Crippen molar-refractivity contribution in [1.29, 1.82) is 0 Å². The minimum atomic E-state index is -4.12. The largest absolute Gasteiger partial charge is 0.481 e. The summed E-state index contributed by atoms with van der Waals surface area (Å²) < 4.78 is 34.4. The average Bonchev–Trinajstić information content (AvgIpc) is 2.37. The average molecular weight is 372 g/mol. The highest BCUT2D eigenvalue weighted by atomic mass is 32.2. The Kier molecular flexibility index (Phi) is 8.56. The molecule has 0 aromatic carbocycles. The van der Waals surface area contributed by atoms with Gasteiger partial charge in [-0.15, -0.1) is 11.8 Å². The van der Waals surface area contributed by atoms with E-state index in [1.807, 2.05) is 0 Å². The van der Waals surface area contributed by atoms with E-state index in [0.29, 0.717) is 0 Å². The Hall–Kier alpha value is -1.33. The highest BCUT2D eigenvalue weighted by Crippen LogP contribution is 2.27. The van der Waals surface area contributed by atoms with Crippen molar-refractivity contribution in [2.75, 3.05) is 18.1 Å². The normalized spacial score (nSPS) is 13.3. The number of carboxylic acid groups (broad SMARTS) is 2. The first kappa shape index (κ1) is 21.7. The van der Waals surface area contributed by atoms with Gasteiger partial charge in [0.1, 0.15) is 5.25 Å². The number of hydrogen-bond donors (Lipinski definition) is 3.